The SMILES string of the molecule is COc1ccc(-c2ccc(O)c3c2CC(CC(CCO)C(CO)C(=O)CC(C)=O)CC3=O)c(OC)c1OC. The summed E-state index contributed by atoms with van der Waals surface area (Å²) < 4.78 is 16.6. The van der Waals surface area contributed by atoms with Crippen LogP contribution in [-0.4, -0.2) is 67.2 Å². The fraction of sp³-hybridized carbons (Fsp3) is 0.483. The van der Waals surface area contributed by atoms with Gasteiger partial charge in [-0.3, -0.25) is 14.4 Å². The van der Waals surface area contributed by atoms with E-state index in [1.54, 1.807) is 18.2 Å². The summed E-state index contributed by atoms with van der Waals surface area (Å²) in [5, 5.41) is 30.2. The Balaban J connectivity index is 2.04. The van der Waals surface area contributed by atoms with Gasteiger partial charge in [-0.25, -0.2) is 0 Å². The molecule has 0 fully saturated rings. The van der Waals surface area contributed by atoms with E-state index >= 15 is 0 Å². The molecule has 3 unspecified atom stereocenters. The van der Waals surface area contributed by atoms with E-state index in [-0.39, 0.29) is 60.4 Å². The van der Waals surface area contributed by atoms with Crippen molar-refractivity contribution < 1.29 is 43.9 Å². The Bertz CT molecular complexity index is 1190. The minimum atomic E-state index is -0.808. The summed E-state index contributed by atoms with van der Waals surface area (Å²) in [5.74, 6) is -1.13. The van der Waals surface area contributed by atoms with Gasteiger partial charge >= 0.3 is 0 Å². The summed E-state index contributed by atoms with van der Waals surface area (Å²) in [4.78, 5) is 37.5. The van der Waals surface area contributed by atoms with E-state index in [9.17, 15) is 29.7 Å². The van der Waals surface area contributed by atoms with E-state index in [1.165, 1.54) is 34.3 Å². The topological polar surface area (TPSA) is 140 Å². The Kier molecular flexibility index (Phi) is 9.88. The maximum atomic E-state index is 13.3. The number of carbonyl (C=O) groups excluding carboxylic acids is 3. The van der Waals surface area contributed by atoms with E-state index < -0.39 is 18.4 Å². The molecule has 9 heteroatoms. The van der Waals surface area contributed by atoms with Crippen molar-refractivity contribution in [1.29, 1.82) is 0 Å². The van der Waals surface area contributed by atoms with E-state index in [4.69, 9.17) is 14.2 Å². The molecule has 0 saturated carbocycles. The van der Waals surface area contributed by atoms with Gasteiger partial charge in [-0.2, -0.15) is 0 Å². The quantitative estimate of drug-likeness (QED) is 0.334. The molecule has 0 radical (unpaired) electrons. The van der Waals surface area contributed by atoms with Gasteiger partial charge in [0, 0.05) is 24.5 Å². The number of carbonyl (C=O) groups is 3. The van der Waals surface area contributed by atoms with Gasteiger partial charge in [-0.05, 0) is 67.3 Å². The lowest BCUT2D eigenvalue weighted by Crippen LogP contribution is -2.32. The maximum absolute atomic E-state index is 13.3. The minimum Gasteiger partial charge on any atom is -0.507 e. The van der Waals surface area contributed by atoms with Crippen molar-refractivity contribution in [3.05, 3.63) is 35.4 Å². The van der Waals surface area contributed by atoms with Gasteiger partial charge in [-0.15, -0.1) is 0 Å². The number of hydrogen-bond donors (Lipinski definition) is 3. The lowest BCUT2D eigenvalue weighted by molar-refractivity contribution is -0.131. The zero-order chi connectivity index (χ0) is 28.0. The summed E-state index contributed by atoms with van der Waals surface area (Å²) in [6.07, 6.45) is 0.926. The highest BCUT2D eigenvalue weighted by molar-refractivity contribution is 6.03. The number of methoxy groups -OCH3 is 3. The zero-order valence-corrected chi connectivity index (χ0v) is 22.3. The van der Waals surface area contributed by atoms with Crippen molar-refractivity contribution in [3.8, 4) is 34.1 Å². The van der Waals surface area contributed by atoms with Gasteiger partial charge in [0.1, 0.15) is 17.3 Å². The Hall–Kier alpha value is -3.43. The lowest BCUT2D eigenvalue weighted by atomic mass is 9.72. The molecule has 3 atom stereocenters. The number of phenolic OH excluding ortho intramolecular Hbond substituents is 1. The highest BCUT2D eigenvalue weighted by Crippen LogP contribution is 2.48. The van der Waals surface area contributed by atoms with E-state index in [0.29, 0.717) is 46.8 Å². The molecule has 206 valence electrons. The number of rotatable bonds is 13. The Morgan fingerprint density at radius 3 is 2.24 bits per heavy atom. The fourth-order valence-corrected chi connectivity index (χ4v) is 5.58. The predicted molar refractivity (Wildman–Crippen MR) is 140 cm³/mol. The summed E-state index contributed by atoms with van der Waals surface area (Å²) in [6.45, 7) is 0.685. The van der Waals surface area contributed by atoms with E-state index in [0.717, 1.165) is 0 Å². The van der Waals surface area contributed by atoms with Crippen LogP contribution in [0.2, 0.25) is 0 Å². The molecular formula is C29H36O9. The second-order valence-corrected chi connectivity index (χ2v) is 9.71. The van der Waals surface area contributed by atoms with Gasteiger partial charge in [0.15, 0.2) is 17.3 Å². The molecule has 0 saturated heterocycles. The highest BCUT2D eigenvalue weighted by atomic mass is 16.5. The summed E-state index contributed by atoms with van der Waals surface area (Å²) in [7, 11) is 4.53. The van der Waals surface area contributed by atoms with Gasteiger partial charge in [-0.1, -0.05) is 6.07 Å². The molecule has 2 aromatic rings. The van der Waals surface area contributed by atoms with Crippen LogP contribution in [0.5, 0.6) is 23.0 Å². The number of fused-ring (bicyclic) bond motifs is 1. The smallest absolute Gasteiger partial charge is 0.203 e. The second-order valence-electron chi connectivity index (χ2n) is 9.71. The van der Waals surface area contributed by atoms with Crippen LogP contribution in [0, 0.1) is 17.8 Å². The van der Waals surface area contributed by atoms with Crippen molar-refractivity contribution in [2.75, 3.05) is 34.5 Å². The number of hydrogen-bond acceptors (Lipinski definition) is 9. The second kappa shape index (κ2) is 12.9. The standard InChI is InChI=1S/C29H36O9/c1-16(32)11-24(34)22(15-31)18(9-10-30)12-17-13-21-19(5-7-23(33)27(21)25(35)14-17)20-6-8-26(36-2)29(38-4)28(20)37-3/h5-8,17-18,22,30-31,33H,9-15H2,1-4H3. The zero-order valence-electron chi connectivity index (χ0n) is 22.3. The van der Waals surface area contributed by atoms with Gasteiger partial charge in [0.2, 0.25) is 5.75 Å². The molecule has 0 heterocycles. The molecule has 1 aliphatic carbocycles. The molecule has 9 nitrogen and oxygen atoms in total. The van der Waals surface area contributed by atoms with Gasteiger partial charge in [0.05, 0.1) is 39.9 Å². The minimum absolute atomic E-state index is 0.108. The third-order valence-electron chi connectivity index (χ3n) is 7.27. The summed E-state index contributed by atoms with van der Waals surface area (Å²) in [5.41, 5.74) is 2.25. The molecule has 0 amide bonds. The van der Waals surface area contributed by atoms with Gasteiger partial charge in [0.25, 0.3) is 0 Å². The number of ketones is 3. The number of aliphatic hydroxyl groups excluding tert-OH is 2. The number of aliphatic hydroxyl groups is 2. The third-order valence-corrected chi connectivity index (χ3v) is 7.27. The van der Waals surface area contributed by atoms with Gasteiger partial charge < -0.3 is 29.5 Å². The molecule has 0 bridgehead atoms. The summed E-state index contributed by atoms with van der Waals surface area (Å²) in [6, 6.07) is 6.75. The fourth-order valence-electron chi connectivity index (χ4n) is 5.58. The van der Waals surface area contributed by atoms with Crippen LogP contribution < -0.4 is 14.2 Å². The summed E-state index contributed by atoms with van der Waals surface area (Å²) >= 11 is 0. The number of aromatic hydroxyl groups is 1. The Morgan fingerprint density at radius 1 is 0.974 bits per heavy atom. The largest absolute Gasteiger partial charge is 0.507 e. The van der Waals surface area contributed by atoms with Crippen LogP contribution in [0.3, 0.4) is 0 Å². The molecule has 2 aromatic carbocycles. The first kappa shape index (κ1) is 29.1. The molecule has 3 N–H and O–H groups in total. The number of benzene rings is 2. The molecule has 0 aromatic heterocycles. The van der Waals surface area contributed by atoms with Crippen LogP contribution in [0.4, 0.5) is 0 Å². The first-order valence-electron chi connectivity index (χ1n) is 12.6. The van der Waals surface area contributed by atoms with E-state index in [1.807, 2.05) is 0 Å². The number of phenols is 1. The average Bonchev–Trinajstić information content (AvgIpc) is 2.87. The first-order chi connectivity index (χ1) is 18.2. The molecule has 0 aliphatic heterocycles. The predicted octanol–water partition coefficient (Wildman–Crippen LogP) is 3.38. The molecule has 3 rings (SSSR count). The van der Waals surface area contributed by atoms with E-state index in [2.05, 4.69) is 0 Å². The number of Topliss-reactive ketones (excluding diaryl/α,β-unsaturated/α-hetero) is 3. The molecule has 0 spiro atoms. The Morgan fingerprint density at radius 2 is 1.66 bits per heavy atom. The monoisotopic (exact) mass is 528 g/mol. The van der Waals surface area contributed by atoms with Crippen LogP contribution in [0.25, 0.3) is 11.1 Å². The van der Waals surface area contributed by atoms with Crippen LogP contribution in [0.1, 0.15) is 48.5 Å². The van der Waals surface area contributed by atoms with Crippen LogP contribution >= 0.6 is 0 Å². The van der Waals surface area contributed by atoms with Crippen molar-refractivity contribution >= 4 is 17.3 Å². The molecule has 38 heavy (non-hydrogen) atoms. The third kappa shape index (κ3) is 6.00. The van der Waals surface area contributed by atoms with Crippen molar-refractivity contribution in [3.63, 3.8) is 0 Å². The average molecular weight is 529 g/mol. The normalized spacial score (nSPS) is 16.4. The van der Waals surface area contributed by atoms with Crippen LogP contribution in [0.15, 0.2) is 24.3 Å². The van der Waals surface area contributed by atoms with Crippen LogP contribution in [-0.2, 0) is 16.0 Å². The molecule has 1 aliphatic rings. The van der Waals surface area contributed by atoms with Crippen molar-refractivity contribution in [1.82, 2.24) is 0 Å². The van der Waals surface area contributed by atoms with Crippen molar-refractivity contribution in [2.24, 2.45) is 17.8 Å². The number of ether oxygens (including phenoxy) is 3. The van der Waals surface area contributed by atoms with Crippen molar-refractivity contribution in [2.45, 2.75) is 39.0 Å². The Labute approximate surface area is 222 Å². The first-order valence-corrected chi connectivity index (χ1v) is 12.6. The lowest BCUT2D eigenvalue weighted by Gasteiger charge is -2.32. The maximum Gasteiger partial charge on any atom is 0.203 e. The molecular weight excluding hydrogens is 492 g/mol. The highest BCUT2D eigenvalue weighted by Gasteiger charge is 2.35.